The van der Waals surface area contributed by atoms with Crippen LogP contribution in [-0.2, 0) is 0 Å². The molecule has 2 rings (SSSR count). The summed E-state index contributed by atoms with van der Waals surface area (Å²) in [5.74, 6) is -0.903. The van der Waals surface area contributed by atoms with Gasteiger partial charge >= 0.3 is 6.18 Å². The number of β-amino-alcohol motifs (C(OH)–C–C–N with tert-alkyl or cyclic N) is 1. The van der Waals surface area contributed by atoms with E-state index in [9.17, 15) is 18.3 Å². The van der Waals surface area contributed by atoms with E-state index in [4.69, 9.17) is 0 Å². The average Bonchev–Trinajstić information content (AvgIpc) is 2.78. The van der Waals surface area contributed by atoms with Crippen LogP contribution in [0.1, 0.15) is 38.5 Å². The van der Waals surface area contributed by atoms with Crippen molar-refractivity contribution in [1.82, 2.24) is 4.90 Å². The molecule has 2 atom stereocenters. The van der Waals surface area contributed by atoms with Crippen LogP contribution in [0.5, 0.6) is 0 Å². The second kappa shape index (κ2) is 5.78. The summed E-state index contributed by atoms with van der Waals surface area (Å²) in [5, 5.41) is 10.1. The highest BCUT2D eigenvalue weighted by Crippen LogP contribution is 2.34. The molecule has 0 bridgehead atoms. The second-order valence-electron chi connectivity index (χ2n) is 5.75. The van der Waals surface area contributed by atoms with E-state index in [1.165, 1.54) is 6.42 Å². The van der Waals surface area contributed by atoms with E-state index in [2.05, 4.69) is 0 Å². The number of halogens is 3. The molecule has 0 aromatic rings. The van der Waals surface area contributed by atoms with Crippen LogP contribution in [0.15, 0.2) is 0 Å². The largest absolute Gasteiger partial charge is 0.393 e. The lowest BCUT2D eigenvalue weighted by Gasteiger charge is -2.29. The first-order chi connectivity index (χ1) is 8.47. The minimum Gasteiger partial charge on any atom is -0.392 e. The highest BCUT2D eigenvalue weighted by atomic mass is 19.4. The number of likely N-dealkylation sites (tertiary alicyclic amines) is 1. The molecule has 1 aliphatic heterocycles. The van der Waals surface area contributed by atoms with Crippen LogP contribution in [0, 0.1) is 11.8 Å². The van der Waals surface area contributed by atoms with Gasteiger partial charge in [0.1, 0.15) is 0 Å². The van der Waals surface area contributed by atoms with Gasteiger partial charge in [-0.15, -0.1) is 0 Å². The molecule has 1 saturated carbocycles. The van der Waals surface area contributed by atoms with Gasteiger partial charge in [-0.25, -0.2) is 0 Å². The molecular weight excluding hydrogens is 243 g/mol. The zero-order chi connectivity index (χ0) is 13.2. The maximum atomic E-state index is 12.5. The zero-order valence-corrected chi connectivity index (χ0v) is 10.6. The van der Waals surface area contributed by atoms with Crippen molar-refractivity contribution in [2.75, 3.05) is 19.6 Å². The lowest BCUT2D eigenvalue weighted by atomic mass is 9.85. The highest BCUT2D eigenvalue weighted by molar-refractivity contribution is 4.84. The van der Waals surface area contributed by atoms with Gasteiger partial charge in [-0.3, -0.25) is 0 Å². The van der Waals surface area contributed by atoms with Gasteiger partial charge in [0, 0.05) is 13.1 Å². The van der Waals surface area contributed by atoms with Crippen LogP contribution in [0.4, 0.5) is 13.2 Å². The summed E-state index contributed by atoms with van der Waals surface area (Å²) in [5.41, 5.74) is 0. The van der Waals surface area contributed by atoms with Crippen molar-refractivity contribution in [3.63, 3.8) is 0 Å². The summed E-state index contributed by atoms with van der Waals surface area (Å²) in [6.45, 7) is 0.943. The molecule has 0 spiro atoms. The lowest BCUT2D eigenvalue weighted by molar-refractivity contribution is -0.170. The third-order valence-electron chi connectivity index (χ3n) is 4.37. The number of aliphatic hydroxyl groups excluding tert-OH is 1. The molecule has 5 heteroatoms. The number of alkyl halides is 3. The third kappa shape index (κ3) is 3.60. The van der Waals surface area contributed by atoms with Crippen LogP contribution in [0.2, 0.25) is 0 Å². The van der Waals surface area contributed by atoms with Gasteiger partial charge in [-0.2, -0.15) is 13.2 Å². The van der Waals surface area contributed by atoms with Gasteiger partial charge in [-0.05, 0) is 31.7 Å². The normalized spacial score (nSPS) is 29.7. The van der Waals surface area contributed by atoms with Crippen molar-refractivity contribution < 1.29 is 18.3 Å². The average molecular weight is 265 g/mol. The smallest absolute Gasteiger partial charge is 0.392 e. The molecular formula is C13H22F3NO. The van der Waals surface area contributed by atoms with E-state index < -0.39 is 18.2 Å². The fraction of sp³-hybridized carbons (Fsp3) is 1.00. The van der Waals surface area contributed by atoms with Gasteiger partial charge in [0.2, 0.25) is 0 Å². The number of hydrogen-bond acceptors (Lipinski definition) is 2. The molecule has 1 heterocycles. The fourth-order valence-electron chi connectivity index (χ4n) is 3.20. The fourth-order valence-corrected chi connectivity index (χ4v) is 3.20. The first-order valence-electron chi connectivity index (χ1n) is 6.94. The van der Waals surface area contributed by atoms with E-state index >= 15 is 0 Å². The van der Waals surface area contributed by atoms with E-state index in [0.29, 0.717) is 19.0 Å². The molecule has 106 valence electrons. The quantitative estimate of drug-likeness (QED) is 0.848. The van der Waals surface area contributed by atoms with Crippen molar-refractivity contribution in [3.05, 3.63) is 0 Å². The first-order valence-corrected chi connectivity index (χ1v) is 6.94. The van der Waals surface area contributed by atoms with Crippen molar-refractivity contribution in [3.8, 4) is 0 Å². The zero-order valence-electron chi connectivity index (χ0n) is 10.6. The Morgan fingerprint density at radius 1 is 1.11 bits per heavy atom. The second-order valence-corrected chi connectivity index (χ2v) is 5.75. The number of rotatable bonds is 3. The Bertz CT molecular complexity index is 263. The molecule has 0 radical (unpaired) electrons. The summed E-state index contributed by atoms with van der Waals surface area (Å²) in [7, 11) is 0. The molecule has 0 amide bonds. The monoisotopic (exact) mass is 265 g/mol. The summed E-state index contributed by atoms with van der Waals surface area (Å²) in [6, 6.07) is 0. The molecule has 2 unspecified atom stereocenters. The van der Waals surface area contributed by atoms with E-state index in [0.717, 1.165) is 25.7 Å². The third-order valence-corrected chi connectivity index (χ3v) is 4.37. The van der Waals surface area contributed by atoms with Gasteiger partial charge in [-0.1, -0.05) is 19.3 Å². The molecule has 2 aliphatic rings. The van der Waals surface area contributed by atoms with Crippen molar-refractivity contribution >= 4 is 0 Å². The lowest BCUT2D eigenvalue weighted by Crippen LogP contribution is -2.37. The summed E-state index contributed by atoms with van der Waals surface area (Å²) in [4.78, 5) is 1.78. The topological polar surface area (TPSA) is 23.5 Å². The van der Waals surface area contributed by atoms with Gasteiger partial charge in [0.15, 0.2) is 0 Å². The standard InChI is InChI=1S/C13H22F3NO/c14-13(15,16)11-6-7-17(8-11)9-12(18)10-4-2-1-3-5-10/h10-12,18H,1-9H2. The van der Waals surface area contributed by atoms with Crippen LogP contribution < -0.4 is 0 Å². The number of hydrogen-bond donors (Lipinski definition) is 1. The molecule has 1 aliphatic carbocycles. The van der Waals surface area contributed by atoms with E-state index in [-0.39, 0.29) is 13.0 Å². The summed E-state index contributed by atoms with van der Waals surface area (Å²) >= 11 is 0. The number of aliphatic hydroxyl groups is 1. The maximum Gasteiger partial charge on any atom is 0.393 e. The van der Waals surface area contributed by atoms with Gasteiger partial charge in [0.05, 0.1) is 12.0 Å². The molecule has 1 saturated heterocycles. The minimum absolute atomic E-state index is 0.0628. The van der Waals surface area contributed by atoms with Gasteiger partial charge < -0.3 is 10.0 Å². The van der Waals surface area contributed by atoms with Crippen LogP contribution >= 0.6 is 0 Å². The molecule has 0 aromatic carbocycles. The molecule has 2 fully saturated rings. The first kappa shape index (κ1) is 14.1. The van der Waals surface area contributed by atoms with Crippen molar-refractivity contribution in [2.45, 2.75) is 50.8 Å². The predicted octanol–water partition coefficient (Wildman–Crippen LogP) is 2.81. The summed E-state index contributed by atoms with van der Waals surface area (Å²) < 4.78 is 37.6. The van der Waals surface area contributed by atoms with Gasteiger partial charge in [0.25, 0.3) is 0 Å². The molecule has 18 heavy (non-hydrogen) atoms. The Morgan fingerprint density at radius 3 is 2.33 bits per heavy atom. The van der Waals surface area contributed by atoms with Crippen molar-refractivity contribution in [2.24, 2.45) is 11.8 Å². The SMILES string of the molecule is OC(CN1CCC(C(F)(F)F)C1)C1CCCCC1. The number of nitrogens with zero attached hydrogens (tertiary/aromatic N) is 1. The Kier molecular flexibility index (Phi) is 4.54. The van der Waals surface area contributed by atoms with Crippen molar-refractivity contribution in [1.29, 1.82) is 0 Å². The maximum absolute atomic E-state index is 12.5. The minimum atomic E-state index is -4.08. The molecule has 0 aromatic heterocycles. The van der Waals surface area contributed by atoms with Crippen LogP contribution in [0.25, 0.3) is 0 Å². The Hall–Kier alpha value is -0.290. The van der Waals surface area contributed by atoms with Crippen LogP contribution in [0.3, 0.4) is 0 Å². The Balaban J connectivity index is 1.76. The Labute approximate surface area is 106 Å². The van der Waals surface area contributed by atoms with Crippen LogP contribution in [-0.4, -0.2) is 41.9 Å². The predicted molar refractivity (Wildman–Crippen MR) is 63.2 cm³/mol. The highest BCUT2D eigenvalue weighted by Gasteiger charge is 2.43. The Morgan fingerprint density at radius 2 is 1.78 bits per heavy atom. The van der Waals surface area contributed by atoms with E-state index in [1.807, 2.05) is 0 Å². The molecule has 2 nitrogen and oxygen atoms in total. The summed E-state index contributed by atoms with van der Waals surface area (Å²) in [6.07, 6.45) is 1.22. The van der Waals surface area contributed by atoms with E-state index in [1.54, 1.807) is 4.90 Å². The molecule has 1 N–H and O–H groups in total.